The molecule has 1 saturated heterocycles. The van der Waals surface area contributed by atoms with Crippen LogP contribution >= 0.6 is 0 Å². The summed E-state index contributed by atoms with van der Waals surface area (Å²) in [5, 5.41) is 9.02. The van der Waals surface area contributed by atoms with Crippen LogP contribution in [0.1, 0.15) is 31.0 Å². The fourth-order valence-corrected chi connectivity index (χ4v) is 2.52. The van der Waals surface area contributed by atoms with Gasteiger partial charge < -0.3 is 9.64 Å². The number of nitriles is 1. The fourth-order valence-electron chi connectivity index (χ4n) is 2.52. The van der Waals surface area contributed by atoms with Crippen molar-refractivity contribution in [2.45, 2.75) is 26.7 Å². The molecule has 0 amide bonds. The van der Waals surface area contributed by atoms with Crippen LogP contribution in [0.25, 0.3) is 0 Å². The second-order valence-electron chi connectivity index (χ2n) is 5.00. The topological polar surface area (TPSA) is 66.2 Å². The lowest BCUT2D eigenvalue weighted by atomic mass is 9.98. The Labute approximate surface area is 119 Å². The number of ether oxygens (including phenoxy) is 1. The van der Waals surface area contributed by atoms with E-state index in [1.807, 2.05) is 13.8 Å². The van der Waals surface area contributed by atoms with Crippen molar-refractivity contribution in [1.82, 2.24) is 4.98 Å². The van der Waals surface area contributed by atoms with Gasteiger partial charge in [0.25, 0.3) is 0 Å². The van der Waals surface area contributed by atoms with Gasteiger partial charge in [0, 0.05) is 18.8 Å². The van der Waals surface area contributed by atoms with Gasteiger partial charge in [-0.3, -0.25) is 4.79 Å². The number of rotatable bonds is 3. The lowest BCUT2D eigenvalue weighted by Gasteiger charge is -2.32. The van der Waals surface area contributed by atoms with E-state index >= 15 is 0 Å². The Morgan fingerprint density at radius 2 is 2.40 bits per heavy atom. The van der Waals surface area contributed by atoms with Gasteiger partial charge in [-0.05, 0) is 38.8 Å². The molecule has 2 heterocycles. The Morgan fingerprint density at radius 3 is 3.10 bits per heavy atom. The van der Waals surface area contributed by atoms with Crippen LogP contribution in [-0.4, -0.2) is 30.6 Å². The molecule has 1 aliphatic rings. The van der Waals surface area contributed by atoms with E-state index in [1.165, 1.54) is 0 Å². The first-order valence-corrected chi connectivity index (χ1v) is 6.94. The van der Waals surface area contributed by atoms with Gasteiger partial charge in [0.05, 0.1) is 24.2 Å². The summed E-state index contributed by atoms with van der Waals surface area (Å²) in [7, 11) is 0. The maximum Gasteiger partial charge on any atom is 0.310 e. The number of aryl methyl sites for hydroxylation is 1. The minimum atomic E-state index is -0.134. The maximum absolute atomic E-state index is 11.8. The molecule has 1 unspecified atom stereocenters. The van der Waals surface area contributed by atoms with E-state index in [0.717, 1.165) is 30.9 Å². The lowest BCUT2D eigenvalue weighted by molar-refractivity contribution is -0.148. The number of pyridine rings is 1. The van der Waals surface area contributed by atoms with Crippen LogP contribution in [-0.2, 0) is 9.53 Å². The van der Waals surface area contributed by atoms with Crippen molar-refractivity contribution in [3.8, 4) is 6.07 Å². The zero-order valence-corrected chi connectivity index (χ0v) is 11.9. The third-order valence-corrected chi connectivity index (χ3v) is 3.43. The van der Waals surface area contributed by atoms with Crippen LogP contribution in [0.2, 0.25) is 0 Å². The van der Waals surface area contributed by atoms with Gasteiger partial charge >= 0.3 is 5.97 Å². The molecule has 1 aromatic rings. The summed E-state index contributed by atoms with van der Waals surface area (Å²) in [6, 6.07) is 5.68. The van der Waals surface area contributed by atoms with Crippen LogP contribution in [0.5, 0.6) is 0 Å². The first-order chi connectivity index (χ1) is 9.63. The minimum Gasteiger partial charge on any atom is -0.466 e. The molecular formula is C15H19N3O2. The van der Waals surface area contributed by atoms with Gasteiger partial charge in [-0.15, -0.1) is 0 Å². The normalized spacial score (nSPS) is 18.4. The standard InChI is InChI=1S/C15H19N3O2/c1-3-20-15(19)13-5-4-6-18(10-13)14-8-12(9-16)7-11(2)17-14/h7-8,13H,3-6,10H2,1-2H3. The Kier molecular flexibility index (Phi) is 4.57. The molecule has 5 heteroatoms. The SMILES string of the molecule is CCOC(=O)C1CCCN(c2cc(C#N)cc(C)n2)C1. The highest BCUT2D eigenvalue weighted by Gasteiger charge is 2.27. The molecule has 20 heavy (non-hydrogen) atoms. The van der Waals surface area contributed by atoms with Crippen LogP contribution in [0.3, 0.4) is 0 Å². The number of hydrogen-bond acceptors (Lipinski definition) is 5. The Morgan fingerprint density at radius 1 is 1.60 bits per heavy atom. The molecule has 5 nitrogen and oxygen atoms in total. The lowest BCUT2D eigenvalue weighted by Crippen LogP contribution is -2.40. The summed E-state index contributed by atoms with van der Waals surface area (Å²) in [6.07, 6.45) is 1.78. The van der Waals surface area contributed by atoms with E-state index in [9.17, 15) is 4.79 Å². The summed E-state index contributed by atoms with van der Waals surface area (Å²) in [4.78, 5) is 18.4. The van der Waals surface area contributed by atoms with Gasteiger partial charge in [0.15, 0.2) is 0 Å². The Balaban J connectivity index is 2.15. The first kappa shape index (κ1) is 14.3. The molecule has 1 fully saturated rings. The Bertz CT molecular complexity index is 536. The van der Waals surface area contributed by atoms with Crippen molar-refractivity contribution in [2.24, 2.45) is 5.92 Å². The van der Waals surface area contributed by atoms with Crippen molar-refractivity contribution in [2.75, 3.05) is 24.6 Å². The van der Waals surface area contributed by atoms with E-state index in [1.54, 1.807) is 12.1 Å². The molecule has 0 aliphatic carbocycles. The summed E-state index contributed by atoms with van der Waals surface area (Å²) in [6.45, 7) is 5.57. The van der Waals surface area contributed by atoms with Crippen molar-refractivity contribution >= 4 is 11.8 Å². The highest BCUT2D eigenvalue weighted by Crippen LogP contribution is 2.23. The smallest absolute Gasteiger partial charge is 0.310 e. The van der Waals surface area contributed by atoms with E-state index in [4.69, 9.17) is 10.00 Å². The number of carbonyl (C=O) groups is 1. The second-order valence-corrected chi connectivity index (χ2v) is 5.00. The second kappa shape index (κ2) is 6.38. The third-order valence-electron chi connectivity index (χ3n) is 3.43. The molecule has 1 aromatic heterocycles. The van der Waals surface area contributed by atoms with E-state index < -0.39 is 0 Å². The summed E-state index contributed by atoms with van der Waals surface area (Å²) >= 11 is 0. The van der Waals surface area contributed by atoms with E-state index in [2.05, 4.69) is 16.0 Å². The van der Waals surface area contributed by atoms with Gasteiger partial charge in [-0.1, -0.05) is 0 Å². The summed E-state index contributed by atoms with van der Waals surface area (Å²) in [5.74, 6) is 0.539. The Hall–Kier alpha value is -2.09. The van der Waals surface area contributed by atoms with Crippen molar-refractivity contribution in [3.05, 3.63) is 23.4 Å². The molecule has 2 rings (SSSR count). The van der Waals surface area contributed by atoms with Gasteiger partial charge in [-0.2, -0.15) is 5.26 Å². The number of carbonyl (C=O) groups excluding carboxylic acids is 1. The number of aromatic nitrogens is 1. The first-order valence-electron chi connectivity index (χ1n) is 6.94. The largest absolute Gasteiger partial charge is 0.466 e. The third kappa shape index (κ3) is 3.27. The predicted molar refractivity (Wildman–Crippen MR) is 75.3 cm³/mol. The van der Waals surface area contributed by atoms with Crippen molar-refractivity contribution in [1.29, 1.82) is 5.26 Å². The fraction of sp³-hybridized carbons (Fsp3) is 0.533. The molecule has 0 spiro atoms. The predicted octanol–water partition coefficient (Wildman–Crippen LogP) is 2.04. The van der Waals surface area contributed by atoms with Crippen LogP contribution in [0.15, 0.2) is 12.1 Å². The summed E-state index contributed by atoms with van der Waals surface area (Å²) in [5.41, 5.74) is 1.42. The molecule has 0 radical (unpaired) electrons. The molecule has 0 bridgehead atoms. The van der Waals surface area contributed by atoms with Crippen LogP contribution in [0.4, 0.5) is 5.82 Å². The number of esters is 1. The van der Waals surface area contributed by atoms with E-state index in [-0.39, 0.29) is 11.9 Å². The molecule has 0 N–H and O–H groups in total. The van der Waals surface area contributed by atoms with Crippen LogP contribution in [0, 0.1) is 24.2 Å². The van der Waals surface area contributed by atoms with Crippen molar-refractivity contribution in [3.63, 3.8) is 0 Å². The highest BCUT2D eigenvalue weighted by atomic mass is 16.5. The van der Waals surface area contributed by atoms with E-state index in [0.29, 0.717) is 18.7 Å². The summed E-state index contributed by atoms with van der Waals surface area (Å²) < 4.78 is 5.10. The number of nitrogens with zero attached hydrogens (tertiary/aromatic N) is 3. The zero-order chi connectivity index (χ0) is 14.5. The van der Waals surface area contributed by atoms with Gasteiger partial charge in [-0.25, -0.2) is 4.98 Å². The van der Waals surface area contributed by atoms with Gasteiger partial charge in [0.1, 0.15) is 5.82 Å². The molecule has 0 aromatic carbocycles. The average Bonchev–Trinajstić information content (AvgIpc) is 2.47. The molecule has 1 atom stereocenters. The molecule has 0 saturated carbocycles. The quantitative estimate of drug-likeness (QED) is 0.788. The average molecular weight is 273 g/mol. The van der Waals surface area contributed by atoms with Gasteiger partial charge in [0.2, 0.25) is 0 Å². The zero-order valence-electron chi connectivity index (χ0n) is 11.9. The highest BCUT2D eigenvalue weighted by molar-refractivity contribution is 5.73. The number of hydrogen-bond donors (Lipinski definition) is 0. The molecular weight excluding hydrogens is 254 g/mol. The monoisotopic (exact) mass is 273 g/mol. The molecule has 1 aliphatic heterocycles. The number of anilines is 1. The van der Waals surface area contributed by atoms with Crippen LogP contribution < -0.4 is 4.90 Å². The maximum atomic E-state index is 11.8. The van der Waals surface area contributed by atoms with Crippen molar-refractivity contribution < 1.29 is 9.53 Å². The number of piperidine rings is 1. The minimum absolute atomic E-state index is 0.100. The molecule has 106 valence electrons.